The van der Waals surface area contributed by atoms with Gasteiger partial charge in [0.15, 0.2) is 39.6 Å². The molecule has 2 saturated carbocycles. The van der Waals surface area contributed by atoms with E-state index in [2.05, 4.69) is 22.1 Å². The van der Waals surface area contributed by atoms with E-state index < -0.39 is 17.4 Å². The second-order valence-electron chi connectivity index (χ2n) is 10.7. The quantitative estimate of drug-likeness (QED) is 0.300. The van der Waals surface area contributed by atoms with Crippen molar-refractivity contribution in [1.82, 2.24) is 25.0 Å². The van der Waals surface area contributed by atoms with Gasteiger partial charge in [0.2, 0.25) is 0 Å². The topological polar surface area (TPSA) is 87.4 Å². The maximum absolute atomic E-state index is 13.9. The Morgan fingerprint density at radius 1 is 1.16 bits per heavy atom. The van der Waals surface area contributed by atoms with Crippen molar-refractivity contribution in [2.45, 2.75) is 87.3 Å². The van der Waals surface area contributed by atoms with Crippen LogP contribution in [-0.4, -0.2) is 75.0 Å². The highest BCUT2D eigenvalue weighted by molar-refractivity contribution is 7.99. The molecule has 3 heterocycles. The lowest BCUT2D eigenvalue weighted by molar-refractivity contribution is -0.168. The van der Waals surface area contributed by atoms with Crippen LogP contribution in [0.25, 0.3) is 11.2 Å². The number of fused-ring (bicyclic) bond motifs is 2. The highest BCUT2D eigenvalue weighted by Gasteiger charge is 2.56. The van der Waals surface area contributed by atoms with Crippen LogP contribution in [0.15, 0.2) is 23.4 Å². The molecule has 3 fully saturated rings. The van der Waals surface area contributed by atoms with Crippen molar-refractivity contribution in [1.29, 1.82) is 0 Å². The number of rotatable bonds is 8. The first-order valence-corrected chi connectivity index (χ1v) is 14.0. The van der Waals surface area contributed by atoms with Crippen LogP contribution in [0.5, 0.6) is 0 Å². The van der Waals surface area contributed by atoms with Gasteiger partial charge in [-0.2, -0.15) is 0 Å². The summed E-state index contributed by atoms with van der Waals surface area (Å²) in [6, 6.07) is 4.04. The molecule has 9 nitrogen and oxygen atoms in total. The molecule has 3 aromatic rings. The minimum atomic E-state index is -0.837. The van der Waals surface area contributed by atoms with Crippen molar-refractivity contribution in [2.75, 3.05) is 24.8 Å². The minimum Gasteiger partial charge on any atom is -0.379 e. The molecule has 2 aromatic heterocycles. The lowest BCUT2D eigenvalue weighted by Crippen LogP contribution is -2.30. The highest BCUT2D eigenvalue weighted by Crippen LogP contribution is 2.48. The maximum atomic E-state index is 13.9. The second kappa shape index (κ2) is 9.65. The predicted octanol–water partition coefficient (Wildman–Crippen LogP) is 4.47. The summed E-state index contributed by atoms with van der Waals surface area (Å²) in [5.74, 6) is -0.752. The van der Waals surface area contributed by atoms with Crippen LogP contribution in [0.1, 0.15) is 57.6 Å². The van der Waals surface area contributed by atoms with Gasteiger partial charge in [0, 0.05) is 38.3 Å². The van der Waals surface area contributed by atoms with E-state index in [1.54, 1.807) is 24.9 Å². The van der Waals surface area contributed by atoms with E-state index >= 15 is 0 Å². The zero-order valence-corrected chi connectivity index (χ0v) is 22.9. The maximum Gasteiger partial charge on any atom is 0.191 e. The van der Waals surface area contributed by atoms with Crippen LogP contribution in [-0.2, 0) is 14.2 Å². The van der Waals surface area contributed by atoms with Crippen LogP contribution >= 0.6 is 11.8 Å². The number of thioether (sulfide) groups is 1. The second-order valence-corrected chi connectivity index (χ2v) is 11.8. The molecule has 0 N–H and O–H groups in total. The Morgan fingerprint density at radius 3 is 2.68 bits per heavy atom. The predicted molar refractivity (Wildman–Crippen MR) is 138 cm³/mol. The number of nitrogens with zero attached hydrogens (tertiary/aromatic N) is 6. The van der Waals surface area contributed by atoms with Gasteiger partial charge in [0.05, 0.1) is 12.1 Å². The summed E-state index contributed by atoms with van der Waals surface area (Å²) in [7, 11) is 3.65. The third-order valence-electron chi connectivity index (χ3n) is 7.68. The number of ether oxygens (including phenoxy) is 3. The van der Waals surface area contributed by atoms with Gasteiger partial charge < -0.3 is 19.1 Å². The van der Waals surface area contributed by atoms with Crippen LogP contribution in [0.2, 0.25) is 0 Å². The molecule has 0 amide bonds. The largest absolute Gasteiger partial charge is 0.379 e. The summed E-state index contributed by atoms with van der Waals surface area (Å²) in [5.41, 5.74) is 2.01. The molecule has 0 bridgehead atoms. The number of anilines is 1. The molecule has 1 aliphatic heterocycles. The Hall–Kier alpha value is -2.41. The number of halogens is 2. The number of hydrogen-bond acceptors (Lipinski definition) is 9. The van der Waals surface area contributed by atoms with E-state index in [1.807, 2.05) is 25.6 Å². The standard InChI is InChI=1S/C26H32F2N6O3S/c1-6-9-38-25-29-23(33(4)17-11-14(17)13-7-8-15(27)16(28)10-13)20-24(30-25)34(32-31-20)18-12-19(35-5)22-21(18)36-26(2,3)37-22/h7-8,10,14,17-19,21-22H,6,9,11-12H2,1-5H3/t14-,17+,18+,19-,21-,22+/m0/s1. The van der Waals surface area contributed by atoms with E-state index in [0.29, 0.717) is 28.6 Å². The molecule has 0 spiro atoms. The Balaban J connectivity index is 1.35. The number of methoxy groups -OCH3 is 1. The van der Waals surface area contributed by atoms with Crippen molar-refractivity contribution >= 4 is 28.7 Å². The monoisotopic (exact) mass is 546 g/mol. The van der Waals surface area contributed by atoms with Crippen molar-refractivity contribution in [3.05, 3.63) is 35.4 Å². The molecular formula is C26H32F2N6O3S. The fourth-order valence-corrected chi connectivity index (χ4v) is 6.46. The molecule has 1 aromatic carbocycles. The first kappa shape index (κ1) is 25.8. The first-order chi connectivity index (χ1) is 18.2. The van der Waals surface area contributed by atoms with Crippen molar-refractivity contribution in [3.63, 3.8) is 0 Å². The fourth-order valence-electron chi connectivity index (χ4n) is 5.77. The van der Waals surface area contributed by atoms with Gasteiger partial charge in [-0.25, -0.2) is 23.4 Å². The lowest BCUT2D eigenvalue weighted by atomic mass is 10.1. The molecule has 0 radical (unpaired) electrons. The fraction of sp³-hybridized carbons (Fsp3) is 0.615. The lowest BCUT2D eigenvalue weighted by Gasteiger charge is -2.23. The third kappa shape index (κ3) is 4.44. The molecular weight excluding hydrogens is 514 g/mol. The van der Waals surface area contributed by atoms with E-state index in [-0.39, 0.29) is 36.3 Å². The van der Waals surface area contributed by atoms with Gasteiger partial charge in [0.1, 0.15) is 12.2 Å². The molecule has 1 saturated heterocycles. The van der Waals surface area contributed by atoms with Gasteiger partial charge in [-0.15, -0.1) is 5.10 Å². The Kier molecular flexibility index (Phi) is 6.56. The van der Waals surface area contributed by atoms with Crippen LogP contribution in [0, 0.1) is 11.6 Å². The van der Waals surface area contributed by atoms with E-state index in [9.17, 15) is 8.78 Å². The van der Waals surface area contributed by atoms with E-state index in [1.165, 1.54) is 12.1 Å². The molecule has 0 unspecified atom stereocenters. The SMILES string of the molecule is CCCSc1nc(N(C)[C@@H]2C[C@H]2c2ccc(F)c(F)c2)c2nnn([C@@H]3C[C@H](OC)[C@H]4OC(C)(C)O[C@H]43)c2n1. The van der Waals surface area contributed by atoms with Crippen molar-refractivity contribution in [3.8, 4) is 0 Å². The average molecular weight is 547 g/mol. The zero-order valence-electron chi connectivity index (χ0n) is 22.1. The molecule has 6 atom stereocenters. The number of hydrogen-bond donors (Lipinski definition) is 0. The smallest absolute Gasteiger partial charge is 0.191 e. The Bertz CT molecular complexity index is 1360. The molecule has 12 heteroatoms. The Labute approximate surface area is 224 Å². The zero-order chi connectivity index (χ0) is 26.8. The van der Waals surface area contributed by atoms with Crippen molar-refractivity contribution in [2.24, 2.45) is 0 Å². The number of likely N-dealkylation sites (N-methyl/N-ethyl adjacent to an activating group) is 1. The summed E-state index contributed by atoms with van der Waals surface area (Å²) >= 11 is 1.59. The van der Waals surface area contributed by atoms with Crippen LogP contribution < -0.4 is 4.90 Å². The molecule has 204 valence electrons. The summed E-state index contributed by atoms with van der Waals surface area (Å²) < 4.78 is 47.4. The number of benzene rings is 1. The van der Waals surface area contributed by atoms with Gasteiger partial charge in [-0.3, -0.25) is 0 Å². The Morgan fingerprint density at radius 2 is 1.95 bits per heavy atom. The summed E-state index contributed by atoms with van der Waals surface area (Å²) in [5, 5.41) is 9.72. The van der Waals surface area contributed by atoms with Gasteiger partial charge in [-0.05, 0) is 44.4 Å². The number of aromatic nitrogens is 5. The minimum absolute atomic E-state index is 0.0752. The van der Waals surface area contributed by atoms with Crippen molar-refractivity contribution < 1.29 is 23.0 Å². The molecule has 2 aliphatic carbocycles. The van der Waals surface area contributed by atoms with Gasteiger partial charge >= 0.3 is 0 Å². The van der Waals surface area contributed by atoms with Crippen LogP contribution in [0.3, 0.4) is 0 Å². The highest BCUT2D eigenvalue weighted by atomic mass is 32.2. The third-order valence-corrected chi connectivity index (χ3v) is 8.73. The van der Waals surface area contributed by atoms with E-state index in [4.69, 9.17) is 24.2 Å². The molecule has 6 rings (SSSR count). The van der Waals surface area contributed by atoms with Gasteiger partial charge in [0.25, 0.3) is 0 Å². The molecule has 3 aliphatic rings. The molecule has 38 heavy (non-hydrogen) atoms. The first-order valence-electron chi connectivity index (χ1n) is 13.0. The summed E-state index contributed by atoms with van der Waals surface area (Å²) in [6.07, 6.45) is 1.86. The van der Waals surface area contributed by atoms with Crippen LogP contribution in [0.4, 0.5) is 14.6 Å². The van der Waals surface area contributed by atoms with Gasteiger partial charge in [-0.1, -0.05) is 30.0 Å². The van der Waals surface area contributed by atoms with E-state index in [0.717, 1.165) is 24.2 Å². The average Bonchev–Trinajstić information content (AvgIpc) is 3.33. The summed E-state index contributed by atoms with van der Waals surface area (Å²) in [4.78, 5) is 11.8. The normalized spacial score (nSPS) is 29.7. The summed E-state index contributed by atoms with van der Waals surface area (Å²) in [6.45, 7) is 5.92.